The molecule has 1 heterocycles. The van der Waals surface area contributed by atoms with Crippen molar-refractivity contribution in [3.8, 4) is 0 Å². The fourth-order valence-electron chi connectivity index (χ4n) is 2.37. The molecule has 0 aromatic carbocycles. The molecule has 1 N–H and O–H groups in total. The Balaban J connectivity index is 2.58. The van der Waals surface area contributed by atoms with Crippen LogP contribution in [0.2, 0.25) is 0 Å². The Bertz CT molecular complexity index is 371. The van der Waals surface area contributed by atoms with E-state index in [1.807, 2.05) is 11.3 Å². The summed E-state index contributed by atoms with van der Waals surface area (Å²) in [6.07, 6.45) is 1.27. The second-order valence-corrected chi connectivity index (χ2v) is 7.31. The van der Waals surface area contributed by atoms with E-state index in [9.17, 15) is 0 Å². The minimum atomic E-state index is 0.650. The summed E-state index contributed by atoms with van der Waals surface area (Å²) >= 11 is 1.93. The predicted molar refractivity (Wildman–Crippen MR) is 86.8 cm³/mol. The van der Waals surface area contributed by atoms with Crippen LogP contribution in [0.4, 0.5) is 0 Å². The number of hydrogen-bond donors (Lipinski definition) is 1. The highest BCUT2D eigenvalue weighted by Crippen LogP contribution is 2.24. The maximum atomic E-state index is 3.40. The Morgan fingerprint density at radius 1 is 1.32 bits per heavy atom. The Morgan fingerprint density at radius 3 is 2.58 bits per heavy atom. The molecule has 0 aliphatic rings. The monoisotopic (exact) mass is 282 g/mol. The number of nitrogens with one attached hydrogen (secondary N) is 1. The van der Waals surface area contributed by atoms with Crippen molar-refractivity contribution in [2.75, 3.05) is 13.6 Å². The van der Waals surface area contributed by atoms with E-state index < -0.39 is 0 Å². The summed E-state index contributed by atoms with van der Waals surface area (Å²) in [5, 5.41) is 3.40. The summed E-state index contributed by atoms with van der Waals surface area (Å²) in [6, 6.07) is 3.03. The topological polar surface area (TPSA) is 15.3 Å². The Hall–Kier alpha value is -0.380. The van der Waals surface area contributed by atoms with E-state index in [-0.39, 0.29) is 0 Å². The van der Waals surface area contributed by atoms with Gasteiger partial charge in [-0.25, -0.2) is 0 Å². The molecular weight excluding hydrogens is 252 g/mol. The minimum Gasteiger partial charge on any atom is -0.312 e. The maximum Gasteiger partial charge on any atom is 0.0299 e. The van der Waals surface area contributed by atoms with E-state index in [0.29, 0.717) is 6.04 Å². The summed E-state index contributed by atoms with van der Waals surface area (Å²) < 4.78 is 0. The molecule has 1 rings (SSSR count). The van der Waals surface area contributed by atoms with Crippen molar-refractivity contribution < 1.29 is 0 Å². The van der Waals surface area contributed by atoms with E-state index in [0.717, 1.165) is 25.6 Å². The van der Waals surface area contributed by atoms with Gasteiger partial charge in [0.15, 0.2) is 0 Å². The Labute approximate surface area is 123 Å². The third kappa shape index (κ3) is 5.64. The molecule has 2 nitrogen and oxygen atoms in total. The lowest BCUT2D eigenvalue weighted by molar-refractivity contribution is 0.220. The van der Waals surface area contributed by atoms with Crippen molar-refractivity contribution in [3.05, 3.63) is 21.4 Å². The third-order valence-electron chi connectivity index (χ3n) is 3.61. The maximum absolute atomic E-state index is 3.40. The molecule has 0 saturated carbocycles. The molecule has 0 spiro atoms. The van der Waals surface area contributed by atoms with Crippen molar-refractivity contribution in [1.29, 1.82) is 0 Å². The van der Waals surface area contributed by atoms with Crippen molar-refractivity contribution in [2.45, 2.75) is 60.2 Å². The molecule has 19 heavy (non-hydrogen) atoms. The van der Waals surface area contributed by atoms with E-state index in [1.165, 1.54) is 21.7 Å². The smallest absolute Gasteiger partial charge is 0.0299 e. The predicted octanol–water partition coefficient (Wildman–Crippen LogP) is 4.03. The Morgan fingerprint density at radius 2 is 2.00 bits per heavy atom. The van der Waals surface area contributed by atoms with Gasteiger partial charge < -0.3 is 5.32 Å². The summed E-state index contributed by atoms with van der Waals surface area (Å²) in [6.45, 7) is 14.5. The van der Waals surface area contributed by atoms with Gasteiger partial charge in [-0.2, -0.15) is 0 Å². The molecule has 0 aliphatic heterocycles. The highest BCUT2D eigenvalue weighted by Gasteiger charge is 2.14. The van der Waals surface area contributed by atoms with Crippen LogP contribution < -0.4 is 5.32 Å². The summed E-state index contributed by atoms with van der Waals surface area (Å²) in [5.41, 5.74) is 1.50. The van der Waals surface area contributed by atoms with Crippen LogP contribution in [0.15, 0.2) is 6.07 Å². The summed E-state index contributed by atoms with van der Waals surface area (Å²) in [5.74, 6) is 0.769. The standard InChI is InChI=1S/C16H30N2S/c1-7-17-10-16-9-15(14(5)19-16)11-18(6)13(4)8-12(2)3/h9,12-13,17H,7-8,10-11H2,1-6H3. The van der Waals surface area contributed by atoms with Gasteiger partial charge in [0, 0.05) is 28.9 Å². The molecule has 0 bridgehead atoms. The minimum absolute atomic E-state index is 0.650. The van der Waals surface area contributed by atoms with Gasteiger partial charge in [0.25, 0.3) is 0 Å². The first-order valence-electron chi connectivity index (χ1n) is 7.43. The van der Waals surface area contributed by atoms with Crippen LogP contribution in [0, 0.1) is 12.8 Å². The molecule has 0 amide bonds. The van der Waals surface area contributed by atoms with Gasteiger partial charge in [-0.05, 0) is 51.4 Å². The van der Waals surface area contributed by atoms with Gasteiger partial charge in [-0.1, -0.05) is 20.8 Å². The van der Waals surface area contributed by atoms with Crippen LogP contribution in [0.5, 0.6) is 0 Å². The van der Waals surface area contributed by atoms with Crippen molar-refractivity contribution >= 4 is 11.3 Å². The largest absolute Gasteiger partial charge is 0.312 e. The third-order valence-corrected chi connectivity index (χ3v) is 4.70. The highest BCUT2D eigenvalue weighted by atomic mass is 32.1. The lowest BCUT2D eigenvalue weighted by Gasteiger charge is -2.26. The first-order valence-corrected chi connectivity index (χ1v) is 8.24. The number of aryl methyl sites for hydroxylation is 1. The quantitative estimate of drug-likeness (QED) is 0.774. The molecule has 0 saturated heterocycles. The fourth-order valence-corrected chi connectivity index (χ4v) is 3.39. The summed E-state index contributed by atoms with van der Waals surface area (Å²) in [4.78, 5) is 5.40. The molecular formula is C16H30N2S. The average Bonchev–Trinajstić information content (AvgIpc) is 2.66. The molecule has 3 heteroatoms. The zero-order valence-electron chi connectivity index (χ0n) is 13.4. The zero-order valence-corrected chi connectivity index (χ0v) is 14.2. The number of nitrogens with zero attached hydrogens (tertiary/aromatic N) is 1. The molecule has 1 aromatic rings. The fraction of sp³-hybridized carbons (Fsp3) is 0.750. The van der Waals surface area contributed by atoms with Gasteiger partial charge in [-0.3, -0.25) is 4.90 Å². The van der Waals surface area contributed by atoms with Crippen LogP contribution in [0.3, 0.4) is 0 Å². The molecule has 0 radical (unpaired) electrons. The second-order valence-electron chi connectivity index (χ2n) is 5.97. The van der Waals surface area contributed by atoms with E-state index in [1.54, 1.807) is 0 Å². The van der Waals surface area contributed by atoms with Crippen LogP contribution in [0.25, 0.3) is 0 Å². The van der Waals surface area contributed by atoms with E-state index in [4.69, 9.17) is 0 Å². The number of hydrogen-bond acceptors (Lipinski definition) is 3. The van der Waals surface area contributed by atoms with Crippen LogP contribution >= 0.6 is 11.3 Å². The lowest BCUT2D eigenvalue weighted by Crippen LogP contribution is -2.29. The number of rotatable bonds is 8. The van der Waals surface area contributed by atoms with Crippen molar-refractivity contribution in [3.63, 3.8) is 0 Å². The van der Waals surface area contributed by atoms with Gasteiger partial charge in [0.2, 0.25) is 0 Å². The molecule has 110 valence electrons. The molecule has 1 aromatic heterocycles. The van der Waals surface area contributed by atoms with Crippen molar-refractivity contribution in [1.82, 2.24) is 10.2 Å². The normalized spacial score (nSPS) is 13.5. The zero-order chi connectivity index (χ0) is 14.4. The van der Waals surface area contributed by atoms with Crippen LogP contribution in [-0.2, 0) is 13.1 Å². The second kappa shape index (κ2) is 8.03. The molecule has 0 fully saturated rings. The summed E-state index contributed by atoms with van der Waals surface area (Å²) in [7, 11) is 2.24. The van der Waals surface area contributed by atoms with Crippen LogP contribution in [-0.4, -0.2) is 24.5 Å². The van der Waals surface area contributed by atoms with Crippen LogP contribution in [0.1, 0.15) is 49.4 Å². The highest BCUT2D eigenvalue weighted by molar-refractivity contribution is 7.12. The first-order chi connectivity index (χ1) is 8.93. The molecule has 0 aliphatic carbocycles. The van der Waals surface area contributed by atoms with E-state index >= 15 is 0 Å². The molecule has 1 atom stereocenters. The van der Waals surface area contributed by atoms with Gasteiger partial charge in [0.1, 0.15) is 0 Å². The van der Waals surface area contributed by atoms with Crippen molar-refractivity contribution in [2.24, 2.45) is 5.92 Å². The lowest BCUT2D eigenvalue weighted by atomic mass is 10.0. The Kier molecular flexibility index (Phi) is 7.05. The molecule has 1 unspecified atom stereocenters. The van der Waals surface area contributed by atoms with Gasteiger partial charge >= 0.3 is 0 Å². The average molecular weight is 282 g/mol. The van der Waals surface area contributed by atoms with Gasteiger partial charge in [-0.15, -0.1) is 11.3 Å². The van der Waals surface area contributed by atoms with Gasteiger partial charge in [0.05, 0.1) is 0 Å². The first kappa shape index (κ1) is 16.7. The number of thiophene rings is 1. The SMILES string of the molecule is CCNCc1cc(CN(C)C(C)CC(C)C)c(C)s1. The van der Waals surface area contributed by atoms with E-state index in [2.05, 4.69) is 57.9 Å².